The number of amides is 2. The number of fused-ring (bicyclic) bond motifs is 2. The van der Waals surface area contributed by atoms with Gasteiger partial charge in [0.2, 0.25) is 15.9 Å². The predicted molar refractivity (Wildman–Crippen MR) is 80.9 cm³/mol. The minimum absolute atomic E-state index is 0.197. The molecule has 0 bridgehead atoms. The molecular weight excluding hydrogens is 306 g/mol. The van der Waals surface area contributed by atoms with Crippen LogP contribution in [-0.4, -0.2) is 50.0 Å². The highest BCUT2D eigenvalue weighted by Crippen LogP contribution is 2.28. The summed E-state index contributed by atoms with van der Waals surface area (Å²) in [4.78, 5) is 26.5. The number of sulfonamides is 1. The van der Waals surface area contributed by atoms with Gasteiger partial charge in [0.1, 0.15) is 6.04 Å². The van der Waals surface area contributed by atoms with E-state index < -0.39 is 16.1 Å². The fraction of sp³-hybridized carbons (Fsp3) is 0.429. The first-order valence-electron chi connectivity index (χ1n) is 7.03. The quantitative estimate of drug-likeness (QED) is 0.810. The minimum atomic E-state index is -3.34. The van der Waals surface area contributed by atoms with E-state index in [1.807, 2.05) is 0 Å². The first-order chi connectivity index (χ1) is 10.3. The Labute approximate surface area is 128 Å². The molecule has 3 rings (SSSR count). The molecule has 0 radical (unpaired) electrons. The Morgan fingerprint density at radius 3 is 2.73 bits per heavy atom. The van der Waals surface area contributed by atoms with Gasteiger partial charge in [-0.25, -0.2) is 13.1 Å². The van der Waals surface area contributed by atoms with Crippen molar-refractivity contribution in [3.63, 3.8) is 0 Å². The summed E-state index contributed by atoms with van der Waals surface area (Å²) in [7, 11) is -3.34. The van der Waals surface area contributed by atoms with Crippen molar-refractivity contribution in [1.82, 2.24) is 9.62 Å². The van der Waals surface area contributed by atoms with Crippen LogP contribution in [0.4, 0.5) is 5.69 Å². The molecule has 2 unspecified atom stereocenters. The van der Waals surface area contributed by atoms with Crippen molar-refractivity contribution < 1.29 is 18.0 Å². The van der Waals surface area contributed by atoms with Gasteiger partial charge >= 0.3 is 0 Å². The SMILES string of the molecule is CS(=O)(=O)NC1CCN2C(=O)c3ccccc3NC(=O)C2C1. The first kappa shape index (κ1) is 15.0. The Hall–Kier alpha value is -1.93. The third-order valence-electron chi connectivity index (χ3n) is 3.96. The number of hydrogen-bond acceptors (Lipinski definition) is 4. The highest BCUT2D eigenvalue weighted by molar-refractivity contribution is 7.88. The summed E-state index contributed by atoms with van der Waals surface area (Å²) in [5, 5.41) is 2.76. The normalized spacial score (nSPS) is 25.0. The molecule has 2 N–H and O–H groups in total. The number of para-hydroxylation sites is 1. The number of nitrogens with zero attached hydrogens (tertiary/aromatic N) is 1. The van der Waals surface area contributed by atoms with Crippen LogP contribution < -0.4 is 10.0 Å². The molecule has 1 saturated heterocycles. The van der Waals surface area contributed by atoms with Gasteiger partial charge in [-0.05, 0) is 25.0 Å². The van der Waals surface area contributed by atoms with E-state index in [1.54, 1.807) is 24.3 Å². The first-order valence-corrected chi connectivity index (χ1v) is 8.92. The van der Waals surface area contributed by atoms with E-state index in [9.17, 15) is 18.0 Å². The third kappa shape index (κ3) is 2.84. The number of rotatable bonds is 2. The van der Waals surface area contributed by atoms with Crippen molar-refractivity contribution in [2.45, 2.75) is 24.9 Å². The van der Waals surface area contributed by atoms with Gasteiger partial charge in [-0.15, -0.1) is 0 Å². The molecule has 0 aliphatic carbocycles. The van der Waals surface area contributed by atoms with Gasteiger partial charge in [-0.2, -0.15) is 0 Å². The van der Waals surface area contributed by atoms with Gasteiger partial charge in [-0.1, -0.05) is 12.1 Å². The van der Waals surface area contributed by atoms with Gasteiger partial charge in [0.05, 0.1) is 17.5 Å². The van der Waals surface area contributed by atoms with Crippen molar-refractivity contribution >= 4 is 27.5 Å². The van der Waals surface area contributed by atoms with Crippen LogP contribution in [0.25, 0.3) is 0 Å². The van der Waals surface area contributed by atoms with Crippen LogP contribution in [0, 0.1) is 0 Å². The standard InChI is InChI=1S/C14H17N3O4S/c1-22(20,21)16-9-6-7-17-12(8-9)13(18)15-11-5-3-2-4-10(11)14(17)19/h2-5,9,12,16H,6-8H2,1H3,(H,15,18). The molecule has 118 valence electrons. The van der Waals surface area contributed by atoms with Crippen LogP contribution in [0.15, 0.2) is 24.3 Å². The molecule has 1 aromatic carbocycles. The summed E-state index contributed by atoms with van der Waals surface area (Å²) in [6.45, 7) is 0.346. The van der Waals surface area contributed by atoms with Crippen molar-refractivity contribution in [2.75, 3.05) is 18.1 Å². The van der Waals surface area contributed by atoms with Crippen LogP contribution in [0.3, 0.4) is 0 Å². The van der Waals surface area contributed by atoms with E-state index in [-0.39, 0.29) is 24.3 Å². The summed E-state index contributed by atoms with van der Waals surface area (Å²) in [6.07, 6.45) is 1.86. The van der Waals surface area contributed by atoms with Crippen molar-refractivity contribution in [1.29, 1.82) is 0 Å². The molecule has 2 amide bonds. The van der Waals surface area contributed by atoms with Crippen molar-refractivity contribution in [3.8, 4) is 0 Å². The highest BCUT2D eigenvalue weighted by atomic mass is 32.2. The van der Waals surface area contributed by atoms with Gasteiger partial charge < -0.3 is 10.2 Å². The maximum Gasteiger partial charge on any atom is 0.256 e. The maximum absolute atomic E-state index is 12.6. The Kier molecular flexibility index (Phi) is 3.65. The van der Waals surface area contributed by atoms with Crippen molar-refractivity contribution in [2.24, 2.45) is 0 Å². The van der Waals surface area contributed by atoms with E-state index in [0.717, 1.165) is 6.26 Å². The Morgan fingerprint density at radius 2 is 2.00 bits per heavy atom. The second kappa shape index (κ2) is 5.36. The van der Waals surface area contributed by atoms with Gasteiger partial charge in [0.25, 0.3) is 5.91 Å². The molecule has 7 nitrogen and oxygen atoms in total. The average molecular weight is 323 g/mol. The molecule has 8 heteroatoms. The lowest BCUT2D eigenvalue weighted by molar-refractivity contribution is -0.121. The lowest BCUT2D eigenvalue weighted by atomic mass is 9.97. The minimum Gasteiger partial charge on any atom is -0.326 e. The zero-order valence-electron chi connectivity index (χ0n) is 12.1. The number of benzene rings is 1. The molecule has 0 spiro atoms. The molecule has 2 aliphatic heterocycles. The maximum atomic E-state index is 12.6. The molecule has 2 heterocycles. The molecule has 1 fully saturated rings. The van der Waals surface area contributed by atoms with Gasteiger partial charge in [0, 0.05) is 12.6 Å². The predicted octanol–water partition coefficient (Wildman–Crippen LogP) is 0.161. The van der Waals surface area contributed by atoms with Crippen LogP contribution in [0.1, 0.15) is 23.2 Å². The highest BCUT2D eigenvalue weighted by Gasteiger charge is 2.40. The molecule has 22 heavy (non-hydrogen) atoms. The van der Waals surface area contributed by atoms with E-state index in [1.165, 1.54) is 4.90 Å². The van der Waals surface area contributed by atoms with Gasteiger partial charge in [-0.3, -0.25) is 9.59 Å². The Bertz CT molecular complexity index is 731. The zero-order valence-corrected chi connectivity index (χ0v) is 12.9. The van der Waals surface area contributed by atoms with E-state index in [4.69, 9.17) is 0 Å². The second-order valence-corrected chi connectivity index (χ2v) is 7.44. The molecular formula is C14H17N3O4S. The number of nitrogens with one attached hydrogen (secondary N) is 2. The lowest BCUT2D eigenvalue weighted by Crippen LogP contribution is -2.54. The fourth-order valence-electron chi connectivity index (χ4n) is 3.02. The Balaban J connectivity index is 1.88. The second-order valence-electron chi connectivity index (χ2n) is 5.66. The molecule has 2 aliphatic rings. The number of anilines is 1. The van der Waals surface area contributed by atoms with Crippen LogP contribution in [0.2, 0.25) is 0 Å². The van der Waals surface area contributed by atoms with E-state index >= 15 is 0 Å². The molecule has 1 aromatic rings. The lowest BCUT2D eigenvalue weighted by Gasteiger charge is -2.37. The summed E-state index contributed by atoms with van der Waals surface area (Å²) in [6, 6.07) is 5.88. The molecule has 2 atom stereocenters. The van der Waals surface area contributed by atoms with Crippen LogP contribution in [0.5, 0.6) is 0 Å². The average Bonchev–Trinajstić information content (AvgIpc) is 2.54. The molecule has 0 saturated carbocycles. The summed E-state index contributed by atoms with van der Waals surface area (Å²) >= 11 is 0. The monoisotopic (exact) mass is 323 g/mol. The fourth-order valence-corrected chi connectivity index (χ4v) is 3.84. The summed E-state index contributed by atoms with van der Waals surface area (Å²) < 4.78 is 25.2. The van der Waals surface area contributed by atoms with Gasteiger partial charge in [0.15, 0.2) is 0 Å². The summed E-state index contributed by atoms with van der Waals surface area (Å²) in [5.74, 6) is -0.477. The summed E-state index contributed by atoms with van der Waals surface area (Å²) in [5.41, 5.74) is 0.965. The number of piperidine rings is 1. The van der Waals surface area contributed by atoms with E-state index in [0.29, 0.717) is 24.2 Å². The largest absolute Gasteiger partial charge is 0.326 e. The van der Waals surface area contributed by atoms with Crippen molar-refractivity contribution in [3.05, 3.63) is 29.8 Å². The number of hydrogen-bond donors (Lipinski definition) is 2. The smallest absolute Gasteiger partial charge is 0.256 e. The van der Waals surface area contributed by atoms with Crippen LogP contribution in [-0.2, 0) is 14.8 Å². The van der Waals surface area contributed by atoms with Crippen LogP contribution >= 0.6 is 0 Å². The van der Waals surface area contributed by atoms with E-state index in [2.05, 4.69) is 10.0 Å². The third-order valence-corrected chi connectivity index (χ3v) is 4.72. The molecule has 0 aromatic heterocycles. The Morgan fingerprint density at radius 1 is 1.27 bits per heavy atom. The number of carbonyl (C=O) groups excluding carboxylic acids is 2. The number of carbonyl (C=O) groups is 2. The topological polar surface area (TPSA) is 95.6 Å². The zero-order chi connectivity index (χ0) is 15.9.